The van der Waals surface area contributed by atoms with Gasteiger partial charge in [-0.15, -0.1) is 11.8 Å². The summed E-state index contributed by atoms with van der Waals surface area (Å²) in [5.74, 6) is 1.30. The Morgan fingerprint density at radius 1 is 1.16 bits per heavy atom. The van der Waals surface area contributed by atoms with Crippen LogP contribution < -0.4 is 4.74 Å². The van der Waals surface area contributed by atoms with Crippen molar-refractivity contribution in [3.63, 3.8) is 0 Å². The van der Waals surface area contributed by atoms with Crippen LogP contribution in [0.15, 0.2) is 59.5 Å². The first kappa shape index (κ1) is 17.8. The van der Waals surface area contributed by atoms with Crippen LogP contribution in [0, 0.1) is 5.92 Å². The maximum Gasteiger partial charge on any atom is 0.231 e. The molecule has 1 fully saturated rings. The fourth-order valence-corrected chi connectivity index (χ4v) is 4.27. The highest BCUT2D eigenvalue weighted by atomic mass is 32.2. The van der Waals surface area contributed by atoms with Gasteiger partial charge in [0.1, 0.15) is 5.75 Å². The van der Waals surface area contributed by atoms with Crippen molar-refractivity contribution >= 4 is 17.7 Å². The van der Waals surface area contributed by atoms with Crippen molar-refractivity contribution in [3.05, 3.63) is 60.2 Å². The minimum absolute atomic E-state index is 0.0319. The Bertz CT molecular complexity index is 703. The number of β-lactam (4-membered cyclic amide) rings is 1. The van der Waals surface area contributed by atoms with Gasteiger partial charge in [0.25, 0.3) is 0 Å². The van der Waals surface area contributed by atoms with Gasteiger partial charge in [-0.3, -0.25) is 4.79 Å². The first-order chi connectivity index (χ1) is 12.1. The van der Waals surface area contributed by atoms with Gasteiger partial charge < -0.3 is 14.7 Å². The third-order valence-electron chi connectivity index (χ3n) is 4.58. The standard InChI is InChI=1S/C20H23NO3S/c1-14(22)19-18(13-25-17-6-4-3-5-7-17)21(20(19)23)12-15-8-10-16(24-2)11-9-15/h3-11,14,18-19,22H,12-13H2,1-2H3/t14-,18+,19+/m0/s1. The molecule has 1 N–H and O–H groups in total. The van der Waals surface area contributed by atoms with E-state index in [-0.39, 0.29) is 17.9 Å². The topological polar surface area (TPSA) is 49.8 Å². The number of thioether (sulfide) groups is 1. The maximum absolute atomic E-state index is 12.5. The lowest BCUT2D eigenvalue weighted by atomic mass is 9.84. The summed E-state index contributed by atoms with van der Waals surface area (Å²) in [5.41, 5.74) is 1.06. The summed E-state index contributed by atoms with van der Waals surface area (Å²) < 4.78 is 5.18. The fourth-order valence-electron chi connectivity index (χ4n) is 3.17. The molecule has 3 atom stereocenters. The Morgan fingerprint density at radius 2 is 1.84 bits per heavy atom. The maximum atomic E-state index is 12.5. The van der Waals surface area contributed by atoms with Crippen LogP contribution in [0.5, 0.6) is 5.75 Å². The number of methoxy groups -OCH3 is 1. The second kappa shape index (κ2) is 7.93. The summed E-state index contributed by atoms with van der Waals surface area (Å²) in [7, 11) is 1.64. The van der Waals surface area contributed by atoms with E-state index in [0.29, 0.717) is 6.54 Å². The molecule has 0 aliphatic carbocycles. The monoisotopic (exact) mass is 357 g/mol. The second-order valence-corrected chi connectivity index (χ2v) is 7.37. The zero-order valence-corrected chi connectivity index (χ0v) is 15.3. The van der Waals surface area contributed by atoms with E-state index in [1.807, 2.05) is 47.4 Å². The molecule has 5 heteroatoms. The first-order valence-corrected chi connectivity index (χ1v) is 9.38. The summed E-state index contributed by atoms with van der Waals surface area (Å²) in [6.07, 6.45) is -0.624. The first-order valence-electron chi connectivity index (χ1n) is 8.39. The van der Waals surface area contributed by atoms with E-state index < -0.39 is 6.10 Å². The van der Waals surface area contributed by atoms with E-state index >= 15 is 0 Å². The van der Waals surface area contributed by atoms with Crippen LogP contribution in [0.2, 0.25) is 0 Å². The minimum atomic E-state index is -0.624. The molecule has 2 aromatic rings. The highest BCUT2D eigenvalue weighted by molar-refractivity contribution is 7.99. The van der Waals surface area contributed by atoms with Crippen molar-refractivity contribution < 1.29 is 14.6 Å². The molecule has 1 aliphatic heterocycles. The molecule has 132 valence electrons. The van der Waals surface area contributed by atoms with Crippen LogP contribution in [-0.4, -0.2) is 40.9 Å². The normalized spacial score (nSPS) is 20.9. The third-order valence-corrected chi connectivity index (χ3v) is 5.69. The number of nitrogens with zero attached hydrogens (tertiary/aromatic N) is 1. The van der Waals surface area contributed by atoms with Crippen LogP contribution in [0.1, 0.15) is 12.5 Å². The predicted molar refractivity (Wildman–Crippen MR) is 99.7 cm³/mol. The average Bonchev–Trinajstić information content (AvgIpc) is 2.63. The highest BCUT2D eigenvalue weighted by Gasteiger charge is 2.49. The molecule has 1 heterocycles. The minimum Gasteiger partial charge on any atom is -0.497 e. The number of hydrogen-bond donors (Lipinski definition) is 1. The van der Waals surface area contributed by atoms with Gasteiger partial charge in [0, 0.05) is 17.2 Å². The second-order valence-electron chi connectivity index (χ2n) is 6.27. The number of carbonyl (C=O) groups is 1. The Morgan fingerprint density at radius 3 is 2.44 bits per heavy atom. The zero-order valence-electron chi connectivity index (χ0n) is 14.5. The number of ether oxygens (including phenoxy) is 1. The quantitative estimate of drug-likeness (QED) is 0.611. The highest BCUT2D eigenvalue weighted by Crippen LogP contribution is 2.35. The zero-order chi connectivity index (χ0) is 17.8. The van der Waals surface area contributed by atoms with Crippen molar-refractivity contribution in [1.29, 1.82) is 0 Å². The largest absolute Gasteiger partial charge is 0.497 e. The lowest BCUT2D eigenvalue weighted by molar-refractivity contribution is -0.163. The number of benzene rings is 2. The number of aliphatic hydroxyl groups excluding tert-OH is 1. The molecule has 0 saturated carbocycles. The number of rotatable bonds is 7. The number of likely N-dealkylation sites (tertiary alicyclic amines) is 1. The van der Waals surface area contributed by atoms with E-state index in [1.165, 1.54) is 4.90 Å². The number of aliphatic hydroxyl groups is 1. The molecule has 25 heavy (non-hydrogen) atoms. The van der Waals surface area contributed by atoms with Crippen LogP contribution >= 0.6 is 11.8 Å². The Kier molecular flexibility index (Phi) is 5.66. The Balaban J connectivity index is 1.68. The van der Waals surface area contributed by atoms with Crippen LogP contribution in [0.4, 0.5) is 0 Å². The lowest BCUT2D eigenvalue weighted by Crippen LogP contribution is -2.64. The van der Waals surface area contributed by atoms with E-state index in [4.69, 9.17) is 4.74 Å². The smallest absolute Gasteiger partial charge is 0.231 e. The van der Waals surface area contributed by atoms with Gasteiger partial charge >= 0.3 is 0 Å². The van der Waals surface area contributed by atoms with Gasteiger partial charge in [0.2, 0.25) is 5.91 Å². The summed E-state index contributed by atoms with van der Waals surface area (Å²) >= 11 is 1.72. The fraction of sp³-hybridized carbons (Fsp3) is 0.350. The van der Waals surface area contributed by atoms with Gasteiger partial charge in [0.15, 0.2) is 0 Å². The molecule has 1 aliphatic rings. The van der Waals surface area contributed by atoms with Crippen LogP contribution in [0.25, 0.3) is 0 Å². The number of amides is 1. The van der Waals surface area contributed by atoms with E-state index in [2.05, 4.69) is 12.1 Å². The molecule has 0 radical (unpaired) electrons. The van der Waals surface area contributed by atoms with E-state index in [1.54, 1.807) is 25.8 Å². The molecule has 1 saturated heterocycles. The van der Waals surface area contributed by atoms with Crippen LogP contribution in [0.3, 0.4) is 0 Å². The van der Waals surface area contributed by atoms with E-state index in [9.17, 15) is 9.90 Å². The number of carbonyl (C=O) groups excluding carboxylic acids is 1. The summed E-state index contributed by atoms with van der Waals surface area (Å²) in [5, 5.41) is 9.99. The molecule has 2 aromatic carbocycles. The van der Waals surface area contributed by atoms with Crippen molar-refractivity contribution in [3.8, 4) is 5.75 Å². The van der Waals surface area contributed by atoms with Crippen molar-refractivity contribution in [1.82, 2.24) is 4.90 Å². The lowest BCUT2D eigenvalue weighted by Gasteiger charge is -2.48. The third kappa shape index (κ3) is 3.99. The molecule has 3 rings (SSSR count). The van der Waals surface area contributed by atoms with Gasteiger partial charge in [-0.05, 0) is 36.8 Å². The predicted octanol–water partition coefficient (Wildman–Crippen LogP) is 3.20. The molecule has 0 unspecified atom stereocenters. The molecular weight excluding hydrogens is 334 g/mol. The molecule has 1 amide bonds. The Labute approximate surface area is 152 Å². The Hall–Kier alpha value is -1.98. The number of hydrogen-bond acceptors (Lipinski definition) is 4. The molecule has 4 nitrogen and oxygen atoms in total. The molecule has 0 bridgehead atoms. The molecule has 0 spiro atoms. The van der Waals surface area contributed by atoms with E-state index in [0.717, 1.165) is 17.1 Å². The van der Waals surface area contributed by atoms with Crippen molar-refractivity contribution in [2.45, 2.75) is 30.5 Å². The van der Waals surface area contributed by atoms with Gasteiger partial charge in [-0.1, -0.05) is 30.3 Å². The summed E-state index contributed by atoms with van der Waals surface area (Å²) in [6, 6.07) is 17.9. The average molecular weight is 357 g/mol. The molecule has 0 aromatic heterocycles. The van der Waals surface area contributed by atoms with Gasteiger partial charge in [-0.25, -0.2) is 0 Å². The van der Waals surface area contributed by atoms with Crippen molar-refractivity contribution in [2.24, 2.45) is 5.92 Å². The molecular formula is C20H23NO3S. The van der Waals surface area contributed by atoms with Crippen molar-refractivity contribution in [2.75, 3.05) is 12.9 Å². The van der Waals surface area contributed by atoms with Gasteiger partial charge in [0.05, 0.1) is 25.2 Å². The SMILES string of the molecule is COc1ccc(CN2C(=O)[C@H]([C@H](C)O)[C@H]2CSc2ccccc2)cc1. The van der Waals surface area contributed by atoms with Crippen LogP contribution in [-0.2, 0) is 11.3 Å². The summed E-state index contributed by atoms with van der Waals surface area (Å²) in [4.78, 5) is 15.5. The van der Waals surface area contributed by atoms with Gasteiger partial charge in [-0.2, -0.15) is 0 Å². The summed E-state index contributed by atoms with van der Waals surface area (Å²) in [6.45, 7) is 2.26.